The Labute approximate surface area is 114 Å². The fourth-order valence-electron chi connectivity index (χ4n) is 3.41. The molecule has 2 unspecified atom stereocenters. The van der Waals surface area contributed by atoms with Gasteiger partial charge in [-0.2, -0.15) is 4.98 Å². The normalized spacial score (nSPS) is 30.6. The second-order valence-corrected chi connectivity index (χ2v) is 5.85. The first-order valence-corrected chi connectivity index (χ1v) is 7.38. The molecule has 1 aliphatic carbocycles. The number of methoxy groups -OCH3 is 1. The summed E-state index contributed by atoms with van der Waals surface area (Å²) in [4.78, 5) is 4.67. The van der Waals surface area contributed by atoms with Gasteiger partial charge in [-0.1, -0.05) is 24.4 Å². The summed E-state index contributed by atoms with van der Waals surface area (Å²) in [6, 6.07) is 0.415. The van der Waals surface area contributed by atoms with Gasteiger partial charge in [-0.3, -0.25) is 0 Å². The molecule has 5 heteroatoms. The molecule has 5 nitrogen and oxygen atoms in total. The van der Waals surface area contributed by atoms with Crippen LogP contribution >= 0.6 is 0 Å². The average Bonchev–Trinajstić information content (AvgIpc) is 3.08. The van der Waals surface area contributed by atoms with Gasteiger partial charge in [-0.25, -0.2) is 0 Å². The lowest BCUT2D eigenvalue weighted by Crippen LogP contribution is -2.32. The van der Waals surface area contributed by atoms with E-state index in [1.807, 2.05) is 0 Å². The molecule has 106 valence electrons. The minimum absolute atomic E-state index is 0.310. The maximum atomic E-state index is 5.77. The number of aromatic nitrogens is 2. The Balaban J connectivity index is 1.83. The maximum Gasteiger partial charge on any atom is 0.231 e. The largest absolute Gasteiger partial charge is 0.370 e. The van der Waals surface area contributed by atoms with Crippen molar-refractivity contribution in [2.45, 2.75) is 63.0 Å². The minimum Gasteiger partial charge on any atom is -0.370 e. The van der Waals surface area contributed by atoms with Gasteiger partial charge in [0.25, 0.3) is 0 Å². The monoisotopic (exact) mass is 265 g/mol. The van der Waals surface area contributed by atoms with Gasteiger partial charge >= 0.3 is 0 Å². The Bertz CT molecular complexity index is 426. The molecule has 19 heavy (non-hydrogen) atoms. The van der Waals surface area contributed by atoms with Crippen LogP contribution in [-0.4, -0.2) is 29.8 Å². The van der Waals surface area contributed by atoms with Crippen molar-refractivity contribution in [3.63, 3.8) is 0 Å². The van der Waals surface area contributed by atoms with E-state index in [9.17, 15) is 0 Å². The van der Waals surface area contributed by atoms with Crippen molar-refractivity contribution in [2.75, 3.05) is 13.7 Å². The SMILES string of the molecule is COC1(c2noc(C3CCNC3C)n2)CCCCC1. The zero-order chi connectivity index (χ0) is 13.3. The van der Waals surface area contributed by atoms with Gasteiger partial charge in [0.1, 0.15) is 5.60 Å². The van der Waals surface area contributed by atoms with E-state index in [0.717, 1.165) is 37.5 Å². The molecule has 1 saturated heterocycles. The highest BCUT2D eigenvalue weighted by Gasteiger charge is 2.40. The maximum absolute atomic E-state index is 5.77. The van der Waals surface area contributed by atoms with Crippen molar-refractivity contribution < 1.29 is 9.26 Å². The Morgan fingerprint density at radius 3 is 2.74 bits per heavy atom. The topological polar surface area (TPSA) is 60.2 Å². The molecular formula is C14H23N3O2. The van der Waals surface area contributed by atoms with Crippen molar-refractivity contribution in [3.05, 3.63) is 11.7 Å². The van der Waals surface area contributed by atoms with Crippen LogP contribution in [0.4, 0.5) is 0 Å². The van der Waals surface area contributed by atoms with Gasteiger partial charge < -0.3 is 14.6 Å². The highest BCUT2D eigenvalue weighted by Crippen LogP contribution is 2.39. The van der Waals surface area contributed by atoms with E-state index in [1.165, 1.54) is 19.3 Å². The van der Waals surface area contributed by atoms with Crippen LogP contribution in [0.5, 0.6) is 0 Å². The number of nitrogens with zero attached hydrogens (tertiary/aromatic N) is 2. The van der Waals surface area contributed by atoms with E-state index < -0.39 is 0 Å². The van der Waals surface area contributed by atoms with E-state index in [-0.39, 0.29) is 5.60 Å². The summed E-state index contributed by atoms with van der Waals surface area (Å²) in [5.41, 5.74) is -0.310. The van der Waals surface area contributed by atoms with Gasteiger partial charge in [0.2, 0.25) is 11.7 Å². The van der Waals surface area contributed by atoms with Gasteiger partial charge in [0, 0.05) is 13.2 Å². The number of nitrogens with one attached hydrogen (secondary N) is 1. The fourth-order valence-corrected chi connectivity index (χ4v) is 3.41. The van der Waals surface area contributed by atoms with Crippen molar-refractivity contribution >= 4 is 0 Å². The van der Waals surface area contributed by atoms with Crippen molar-refractivity contribution in [2.24, 2.45) is 0 Å². The zero-order valence-electron chi connectivity index (χ0n) is 11.8. The molecule has 2 atom stereocenters. The van der Waals surface area contributed by atoms with Gasteiger partial charge in [-0.05, 0) is 32.7 Å². The number of ether oxygens (including phenoxy) is 1. The van der Waals surface area contributed by atoms with E-state index in [4.69, 9.17) is 9.26 Å². The summed E-state index contributed by atoms with van der Waals surface area (Å²) < 4.78 is 11.3. The molecule has 1 aliphatic heterocycles. The molecule has 3 rings (SSSR count). The molecule has 1 aromatic heterocycles. The molecule has 1 N–H and O–H groups in total. The smallest absolute Gasteiger partial charge is 0.231 e. The van der Waals surface area contributed by atoms with Crippen LogP contribution in [0.2, 0.25) is 0 Å². The molecule has 0 aromatic carbocycles. The Hall–Kier alpha value is -0.940. The highest BCUT2D eigenvalue weighted by atomic mass is 16.5. The Morgan fingerprint density at radius 2 is 2.11 bits per heavy atom. The standard InChI is InChI=1S/C14H23N3O2/c1-10-11(6-9-15-10)12-16-13(17-19-12)14(18-2)7-4-3-5-8-14/h10-11,15H,3-9H2,1-2H3. The third-order valence-electron chi connectivity index (χ3n) is 4.74. The first-order chi connectivity index (χ1) is 9.25. The summed E-state index contributed by atoms with van der Waals surface area (Å²) >= 11 is 0. The van der Waals surface area contributed by atoms with Crippen LogP contribution in [0.1, 0.15) is 63.1 Å². The number of hydrogen-bond donors (Lipinski definition) is 1. The third-order valence-corrected chi connectivity index (χ3v) is 4.74. The Morgan fingerprint density at radius 1 is 1.32 bits per heavy atom. The lowest BCUT2D eigenvalue weighted by Gasteiger charge is -2.32. The van der Waals surface area contributed by atoms with Gasteiger partial charge in [-0.15, -0.1) is 0 Å². The summed E-state index contributed by atoms with van der Waals surface area (Å²) in [7, 11) is 1.76. The average molecular weight is 265 g/mol. The van der Waals surface area contributed by atoms with E-state index in [2.05, 4.69) is 22.4 Å². The zero-order valence-corrected chi connectivity index (χ0v) is 11.8. The molecule has 0 radical (unpaired) electrons. The molecule has 1 saturated carbocycles. The van der Waals surface area contributed by atoms with Crippen LogP contribution in [0, 0.1) is 0 Å². The first-order valence-electron chi connectivity index (χ1n) is 7.38. The van der Waals surface area contributed by atoms with E-state index in [0.29, 0.717) is 12.0 Å². The van der Waals surface area contributed by atoms with Crippen molar-refractivity contribution in [3.8, 4) is 0 Å². The van der Waals surface area contributed by atoms with Crippen molar-refractivity contribution in [1.82, 2.24) is 15.5 Å². The van der Waals surface area contributed by atoms with Gasteiger partial charge in [0.15, 0.2) is 0 Å². The van der Waals surface area contributed by atoms with Crippen LogP contribution < -0.4 is 5.32 Å². The number of rotatable bonds is 3. The predicted molar refractivity (Wildman–Crippen MR) is 70.9 cm³/mol. The minimum atomic E-state index is -0.310. The second-order valence-electron chi connectivity index (χ2n) is 5.85. The summed E-state index contributed by atoms with van der Waals surface area (Å²) in [5, 5.41) is 7.64. The molecule has 0 amide bonds. The van der Waals surface area contributed by atoms with Crippen LogP contribution in [0.3, 0.4) is 0 Å². The van der Waals surface area contributed by atoms with Crippen LogP contribution in [-0.2, 0) is 10.3 Å². The molecule has 0 bridgehead atoms. The highest BCUT2D eigenvalue weighted by molar-refractivity contribution is 5.08. The Kier molecular flexibility index (Phi) is 3.58. The predicted octanol–water partition coefficient (Wildman–Crippen LogP) is 2.34. The molecule has 2 heterocycles. The second kappa shape index (κ2) is 5.21. The summed E-state index contributed by atoms with van der Waals surface area (Å²) in [5.74, 6) is 1.87. The molecule has 2 fully saturated rings. The summed E-state index contributed by atoms with van der Waals surface area (Å²) in [6.45, 7) is 3.20. The lowest BCUT2D eigenvalue weighted by atomic mass is 9.84. The molecule has 1 aromatic rings. The third kappa shape index (κ3) is 2.30. The van der Waals surface area contributed by atoms with Crippen LogP contribution in [0.15, 0.2) is 4.52 Å². The van der Waals surface area contributed by atoms with Crippen molar-refractivity contribution in [1.29, 1.82) is 0 Å². The molecule has 0 spiro atoms. The van der Waals surface area contributed by atoms with E-state index >= 15 is 0 Å². The lowest BCUT2D eigenvalue weighted by molar-refractivity contribution is -0.0527. The number of hydrogen-bond acceptors (Lipinski definition) is 5. The molecule has 2 aliphatic rings. The van der Waals surface area contributed by atoms with E-state index in [1.54, 1.807) is 7.11 Å². The fraction of sp³-hybridized carbons (Fsp3) is 0.857. The van der Waals surface area contributed by atoms with Crippen LogP contribution in [0.25, 0.3) is 0 Å². The quantitative estimate of drug-likeness (QED) is 0.909. The summed E-state index contributed by atoms with van der Waals surface area (Å²) in [6.07, 6.45) is 6.71. The van der Waals surface area contributed by atoms with Gasteiger partial charge in [0.05, 0.1) is 5.92 Å². The molecular weight excluding hydrogens is 242 g/mol. The first kappa shape index (κ1) is 13.1.